The maximum atomic E-state index is 5.87. The smallest absolute Gasteiger partial charge is 0.118 e. The highest BCUT2D eigenvalue weighted by molar-refractivity contribution is 5.20. The maximum absolute atomic E-state index is 5.87. The molecule has 1 N–H and O–H groups in total. The normalized spacial score (nSPS) is 12.1. The molecular formula is C17H32N2O. The van der Waals surface area contributed by atoms with Gasteiger partial charge in [0.1, 0.15) is 11.5 Å². The Balaban J connectivity index is 2.59. The van der Waals surface area contributed by atoms with E-state index in [1.54, 1.807) is 0 Å². The predicted molar refractivity (Wildman–Crippen MR) is 85.8 cm³/mol. The summed E-state index contributed by atoms with van der Waals surface area (Å²) in [6.45, 7) is 17.3. The maximum Gasteiger partial charge on any atom is 0.118 e. The first kappa shape index (κ1) is 17.3. The minimum atomic E-state index is 0.576. The number of aryl methyl sites for hydroxylation is 1. The van der Waals surface area contributed by atoms with Crippen LogP contribution < -0.4 is 5.32 Å². The lowest BCUT2D eigenvalue weighted by atomic mass is 10.2. The quantitative estimate of drug-likeness (QED) is 0.742. The Bertz CT molecular complexity index is 382. The van der Waals surface area contributed by atoms with Gasteiger partial charge in [-0.25, -0.2) is 0 Å². The Hall–Kier alpha value is -0.800. The number of nitrogens with zero attached hydrogens (tertiary/aromatic N) is 1. The molecule has 0 fully saturated rings. The molecule has 0 atom stereocenters. The van der Waals surface area contributed by atoms with Crippen LogP contribution in [-0.2, 0) is 13.1 Å². The van der Waals surface area contributed by atoms with Crippen molar-refractivity contribution in [2.24, 2.45) is 5.92 Å². The number of rotatable bonds is 9. The van der Waals surface area contributed by atoms with Crippen molar-refractivity contribution in [3.63, 3.8) is 0 Å². The fourth-order valence-corrected chi connectivity index (χ4v) is 2.34. The van der Waals surface area contributed by atoms with Gasteiger partial charge < -0.3 is 9.73 Å². The van der Waals surface area contributed by atoms with Crippen molar-refractivity contribution in [3.8, 4) is 0 Å². The number of hydrogen-bond donors (Lipinski definition) is 1. The molecule has 0 aliphatic carbocycles. The molecule has 0 bridgehead atoms. The van der Waals surface area contributed by atoms with Gasteiger partial charge in [-0.15, -0.1) is 0 Å². The Kier molecular flexibility index (Phi) is 7.31. The van der Waals surface area contributed by atoms with Crippen LogP contribution in [0.5, 0.6) is 0 Å². The molecule has 1 aromatic heterocycles. The van der Waals surface area contributed by atoms with E-state index in [1.165, 1.54) is 12.0 Å². The van der Waals surface area contributed by atoms with Gasteiger partial charge in [0.2, 0.25) is 0 Å². The van der Waals surface area contributed by atoms with Crippen molar-refractivity contribution in [1.82, 2.24) is 10.2 Å². The monoisotopic (exact) mass is 280 g/mol. The predicted octanol–water partition coefficient (Wildman–Crippen LogP) is 3.95. The number of furan rings is 1. The van der Waals surface area contributed by atoms with Crippen LogP contribution in [0, 0.1) is 12.8 Å². The van der Waals surface area contributed by atoms with Crippen molar-refractivity contribution < 1.29 is 4.42 Å². The Morgan fingerprint density at radius 1 is 1.25 bits per heavy atom. The second-order valence-corrected chi connectivity index (χ2v) is 6.38. The van der Waals surface area contributed by atoms with E-state index in [1.807, 2.05) is 0 Å². The van der Waals surface area contributed by atoms with E-state index >= 15 is 0 Å². The van der Waals surface area contributed by atoms with Gasteiger partial charge in [0.25, 0.3) is 0 Å². The van der Waals surface area contributed by atoms with Gasteiger partial charge >= 0.3 is 0 Å². The Morgan fingerprint density at radius 3 is 2.50 bits per heavy atom. The summed E-state index contributed by atoms with van der Waals surface area (Å²) in [5, 5.41) is 3.44. The fraction of sp³-hybridized carbons (Fsp3) is 0.765. The summed E-state index contributed by atoms with van der Waals surface area (Å²) in [5.74, 6) is 2.79. The SMILES string of the molecule is CCCN(Cc1cc(CNCC(C)C)oc1C)C(C)C. The van der Waals surface area contributed by atoms with Crippen molar-refractivity contribution in [2.75, 3.05) is 13.1 Å². The summed E-state index contributed by atoms with van der Waals surface area (Å²) in [4.78, 5) is 2.50. The van der Waals surface area contributed by atoms with Crippen LogP contribution in [0.4, 0.5) is 0 Å². The van der Waals surface area contributed by atoms with Crippen molar-refractivity contribution in [2.45, 2.75) is 67.1 Å². The molecule has 20 heavy (non-hydrogen) atoms. The van der Waals surface area contributed by atoms with E-state index < -0.39 is 0 Å². The zero-order valence-electron chi connectivity index (χ0n) is 14.1. The third kappa shape index (κ3) is 5.68. The molecule has 0 radical (unpaired) electrons. The van der Waals surface area contributed by atoms with Crippen molar-refractivity contribution >= 4 is 0 Å². The lowest BCUT2D eigenvalue weighted by Crippen LogP contribution is -2.31. The van der Waals surface area contributed by atoms with E-state index in [2.05, 4.69) is 57.8 Å². The minimum Gasteiger partial charge on any atom is -0.465 e. The third-order valence-corrected chi connectivity index (χ3v) is 3.54. The third-order valence-electron chi connectivity index (χ3n) is 3.54. The highest BCUT2D eigenvalue weighted by atomic mass is 16.3. The molecule has 0 saturated carbocycles. The van der Waals surface area contributed by atoms with Gasteiger partial charge in [-0.05, 0) is 52.3 Å². The van der Waals surface area contributed by atoms with Gasteiger partial charge in [-0.2, -0.15) is 0 Å². The Morgan fingerprint density at radius 2 is 1.95 bits per heavy atom. The molecule has 0 amide bonds. The zero-order chi connectivity index (χ0) is 15.1. The standard InChI is InChI=1S/C17H32N2O/c1-7-8-19(14(4)5)12-16-9-17(20-15(16)6)11-18-10-13(2)3/h9,13-14,18H,7-8,10-12H2,1-6H3. The van der Waals surface area contributed by atoms with Crippen LogP contribution in [0.2, 0.25) is 0 Å². The topological polar surface area (TPSA) is 28.4 Å². The average Bonchev–Trinajstić information content (AvgIpc) is 2.69. The molecule has 0 aromatic carbocycles. The van der Waals surface area contributed by atoms with Gasteiger partial charge in [0, 0.05) is 18.2 Å². The lowest BCUT2D eigenvalue weighted by molar-refractivity contribution is 0.212. The van der Waals surface area contributed by atoms with Crippen molar-refractivity contribution in [3.05, 3.63) is 23.2 Å². The summed E-state index contributed by atoms with van der Waals surface area (Å²) in [5.41, 5.74) is 1.33. The second-order valence-electron chi connectivity index (χ2n) is 6.38. The first-order valence-electron chi connectivity index (χ1n) is 7.97. The van der Waals surface area contributed by atoms with Crippen LogP contribution in [0.25, 0.3) is 0 Å². The molecule has 0 saturated heterocycles. The summed E-state index contributed by atoms with van der Waals surface area (Å²) in [6, 6.07) is 2.79. The van der Waals surface area contributed by atoms with E-state index in [9.17, 15) is 0 Å². The molecule has 3 nitrogen and oxygen atoms in total. The van der Waals surface area contributed by atoms with Gasteiger partial charge in [0.05, 0.1) is 6.54 Å². The molecular weight excluding hydrogens is 248 g/mol. The fourth-order valence-electron chi connectivity index (χ4n) is 2.34. The first-order valence-corrected chi connectivity index (χ1v) is 7.97. The minimum absolute atomic E-state index is 0.576. The zero-order valence-corrected chi connectivity index (χ0v) is 14.1. The summed E-state index contributed by atoms with van der Waals surface area (Å²) >= 11 is 0. The Labute approximate surface area is 124 Å². The van der Waals surface area contributed by atoms with Crippen LogP contribution in [-0.4, -0.2) is 24.0 Å². The first-order chi connectivity index (χ1) is 9.43. The summed E-state index contributed by atoms with van der Waals surface area (Å²) in [7, 11) is 0. The molecule has 3 heteroatoms. The molecule has 1 aromatic rings. The van der Waals surface area contributed by atoms with E-state index in [0.29, 0.717) is 12.0 Å². The second kappa shape index (κ2) is 8.48. The highest BCUT2D eigenvalue weighted by Crippen LogP contribution is 2.18. The largest absolute Gasteiger partial charge is 0.465 e. The van der Waals surface area contributed by atoms with E-state index in [0.717, 1.165) is 37.7 Å². The van der Waals surface area contributed by atoms with Gasteiger partial charge in [-0.3, -0.25) is 4.90 Å². The van der Waals surface area contributed by atoms with Gasteiger partial charge in [-0.1, -0.05) is 20.8 Å². The van der Waals surface area contributed by atoms with E-state index in [-0.39, 0.29) is 0 Å². The molecule has 1 rings (SSSR count). The van der Waals surface area contributed by atoms with Crippen molar-refractivity contribution in [1.29, 1.82) is 0 Å². The summed E-state index contributed by atoms with van der Waals surface area (Å²) in [6.07, 6.45) is 1.19. The van der Waals surface area contributed by atoms with Crippen LogP contribution >= 0.6 is 0 Å². The average molecular weight is 280 g/mol. The lowest BCUT2D eigenvalue weighted by Gasteiger charge is -2.25. The molecule has 0 spiro atoms. The number of hydrogen-bond acceptors (Lipinski definition) is 3. The van der Waals surface area contributed by atoms with Gasteiger partial charge in [0.15, 0.2) is 0 Å². The molecule has 0 aliphatic rings. The molecule has 116 valence electrons. The molecule has 0 unspecified atom stereocenters. The molecule has 1 heterocycles. The van der Waals surface area contributed by atoms with Crippen LogP contribution in [0.3, 0.4) is 0 Å². The number of nitrogens with one attached hydrogen (secondary N) is 1. The van der Waals surface area contributed by atoms with E-state index in [4.69, 9.17) is 4.42 Å². The molecule has 0 aliphatic heterocycles. The van der Waals surface area contributed by atoms with Crippen LogP contribution in [0.15, 0.2) is 10.5 Å². The highest BCUT2D eigenvalue weighted by Gasteiger charge is 2.14. The van der Waals surface area contributed by atoms with Crippen LogP contribution in [0.1, 0.15) is 58.1 Å². The summed E-state index contributed by atoms with van der Waals surface area (Å²) < 4.78 is 5.87.